The summed E-state index contributed by atoms with van der Waals surface area (Å²) in [6.07, 6.45) is -4.62. The lowest BCUT2D eigenvalue weighted by Gasteiger charge is -2.15. The number of rotatable bonds is 3. The molecule has 0 saturated carbocycles. The average Bonchev–Trinajstić information content (AvgIpc) is 3.02. The first-order valence-corrected chi connectivity index (χ1v) is 9.07. The van der Waals surface area contributed by atoms with Gasteiger partial charge in [0.1, 0.15) is 22.8 Å². The number of amides is 1. The second-order valence-corrected chi connectivity index (χ2v) is 6.83. The van der Waals surface area contributed by atoms with Crippen LogP contribution in [-0.4, -0.2) is 16.2 Å². The van der Waals surface area contributed by atoms with Gasteiger partial charge in [0.25, 0.3) is 5.91 Å². The maximum Gasteiger partial charge on any atom is 0.418 e. The summed E-state index contributed by atoms with van der Waals surface area (Å²) >= 11 is 11.0. The summed E-state index contributed by atoms with van der Waals surface area (Å²) in [6.45, 7) is 1.41. The molecule has 3 aromatic rings. The Labute approximate surface area is 178 Å². The van der Waals surface area contributed by atoms with Crippen LogP contribution in [0.4, 0.5) is 23.2 Å². The molecule has 0 radical (unpaired) electrons. The van der Waals surface area contributed by atoms with E-state index >= 15 is 0 Å². The van der Waals surface area contributed by atoms with Crippen molar-refractivity contribution in [2.45, 2.75) is 13.1 Å². The molecule has 0 spiro atoms. The Morgan fingerprint density at radius 3 is 2.53 bits per heavy atom. The van der Waals surface area contributed by atoms with Gasteiger partial charge in [-0.2, -0.15) is 13.2 Å². The number of aromatic nitrogens is 1. The van der Waals surface area contributed by atoms with Crippen molar-refractivity contribution < 1.29 is 26.9 Å². The van der Waals surface area contributed by atoms with Crippen LogP contribution < -0.4 is 10.6 Å². The van der Waals surface area contributed by atoms with Crippen molar-refractivity contribution in [3.8, 4) is 11.3 Å². The summed E-state index contributed by atoms with van der Waals surface area (Å²) in [6, 6.07) is 8.56. The predicted molar refractivity (Wildman–Crippen MR) is 107 cm³/mol. The van der Waals surface area contributed by atoms with Crippen LogP contribution in [0.2, 0.25) is 5.02 Å². The summed E-state index contributed by atoms with van der Waals surface area (Å²) in [7, 11) is 0. The van der Waals surface area contributed by atoms with Crippen LogP contribution in [0.1, 0.15) is 21.7 Å². The van der Waals surface area contributed by atoms with E-state index in [0.29, 0.717) is 0 Å². The number of nitrogens with zero attached hydrogens (tertiary/aromatic N) is 1. The summed E-state index contributed by atoms with van der Waals surface area (Å²) in [5, 5.41) is 7.88. The van der Waals surface area contributed by atoms with Crippen LogP contribution in [0.5, 0.6) is 0 Å². The molecular weight excluding hydrogens is 446 g/mol. The quantitative estimate of drug-likeness (QED) is 0.396. The molecule has 3 rings (SSSR count). The van der Waals surface area contributed by atoms with E-state index in [-0.39, 0.29) is 33.3 Å². The smallest absolute Gasteiger partial charge is 0.360 e. The van der Waals surface area contributed by atoms with E-state index in [0.717, 1.165) is 18.2 Å². The van der Waals surface area contributed by atoms with Gasteiger partial charge in [-0.3, -0.25) is 10.1 Å². The van der Waals surface area contributed by atoms with Crippen LogP contribution in [0, 0.1) is 12.7 Å². The number of halogens is 5. The molecule has 11 heteroatoms. The molecule has 0 aliphatic carbocycles. The van der Waals surface area contributed by atoms with Gasteiger partial charge in [-0.25, -0.2) is 4.39 Å². The summed E-state index contributed by atoms with van der Waals surface area (Å²) < 4.78 is 58.6. The fourth-order valence-electron chi connectivity index (χ4n) is 2.69. The highest BCUT2D eigenvalue weighted by Gasteiger charge is 2.33. The Balaban J connectivity index is 1.87. The Bertz CT molecular complexity index is 1110. The Morgan fingerprint density at radius 2 is 1.87 bits per heavy atom. The van der Waals surface area contributed by atoms with E-state index in [2.05, 4.69) is 15.8 Å². The van der Waals surface area contributed by atoms with Crippen molar-refractivity contribution >= 4 is 40.5 Å². The number of alkyl halides is 3. The Hall–Kier alpha value is -2.98. The zero-order valence-corrected chi connectivity index (χ0v) is 16.7. The second-order valence-electron chi connectivity index (χ2n) is 6.01. The van der Waals surface area contributed by atoms with E-state index in [4.69, 9.17) is 28.3 Å². The monoisotopic (exact) mass is 457 g/mol. The predicted octanol–water partition coefficient (Wildman–Crippen LogP) is 5.59. The molecule has 156 valence electrons. The highest BCUT2D eigenvalue weighted by molar-refractivity contribution is 7.80. The molecular formula is C19H12ClF4N3O2S. The lowest BCUT2D eigenvalue weighted by Crippen LogP contribution is -2.35. The lowest BCUT2D eigenvalue weighted by molar-refractivity contribution is -0.136. The average molecular weight is 458 g/mol. The first kappa shape index (κ1) is 21.7. The van der Waals surface area contributed by atoms with Crippen molar-refractivity contribution in [3.63, 3.8) is 0 Å². The van der Waals surface area contributed by atoms with Gasteiger partial charge in [0.15, 0.2) is 5.11 Å². The van der Waals surface area contributed by atoms with E-state index in [1.54, 1.807) is 0 Å². The van der Waals surface area contributed by atoms with E-state index in [1.807, 2.05) is 0 Å². The number of thiocarbonyl (C=S) groups is 1. The molecule has 1 aromatic heterocycles. The van der Waals surface area contributed by atoms with Crippen molar-refractivity contribution in [2.75, 3.05) is 5.32 Å². The summed E-state index contributed by atoms with van der Waals surface area (Å²) in [4.78, 5) is 12.7. The molecule has 1 heterocycles. The van der Waals surface area contributed by atoms with Gasteiger partial charge < -0.3 is 9.84 Å². The fraction of sp³-hybridized carbons (Fsp3) is 0.105. The summed E-state index contributed by atoms with van der Waals surface area (Å²) in [5.41, 5.74) is -1.76. The van der Waals surface area contributed by atoms with Crippen LogP contribution in [0.25, 0.3) is 11.3 Å². The molecule has 5 nitrogen and oxygen atoms in total. The summed E-state index contributed by atoms with van der Waals surface area (Å²) in [5.74, 6) is -1.55. The Morgan fingerprint density at radius 1 is 1.17 bits per heavy atom. The van der Waals surface area contributed by atoms with Gasteiger partial charge in [0, 0.05) is 0 Å². The third-order valence-electron chi connectivity index (χ3n) is 4.00. The molecule has 0 unspecified atom stereocenters. The van der Waals surface area contributed by atoms with Crippen molar-refractivity contribution in [1.29, 1.82) is 0 Å². The first-order chi connectivity index (χ1) is 14.1. The van der Waals surface area contributed by atoms with E-state index in [1.165, 1.54) is 31.2 Å². The molecule has 0 aliphatic rings. The standard InChI is InChI=1S/C19H12ClF4N3O2S/c1-9-14(16(27-29-9)15-11(20)6-4-7-12(15)21)17(28)26-18(30)25-13-8-3-2-5-10(13)19(22,23)24/h2-8H,1H3,(H2,25,26,28,30). The van der Waals surface area contributed by atoms with E-state index < -0.39 is 28.6 Å². The van der Waals surface area contributed by atoms with Crippen molar-refractivity contribution in [3.05, 3.63) is 70.2 Å². The number of benzene rings is 2. The van der Waals surface area contributed by atoms with Crippen LogP contribution in [0.3, 0.4) is 0 Å². The van der Waals surface area contributed by atoms with Gasteiger partial charge in [0.05, 0.1) is 21.8 Å². The SMILES string of the molecule is Cc1onc(-c2c(F)cccc2Cl)c1C(=O)NC(=S)Nc1ccccc1C(F)(F)F. The van der Waals surface area contributed by atoms with Gasteiger partial charge in [0.2, 0.25) is 0 Å². The number of hydrogen-bond donors (Lipinski definition) is 2. The van der Waals surface area contributed by atoms with Crippen LogP contribution in [0.15, 0.2) is 47.0 Å². The number of hydrogen-bond acceptors (Lipinski definition) is 4. The van der Waals surface area contributed by atoms with Gasteiger partial charge >= 0.3 is 6.18 Å². The molecule has 2 aromatic carbocycles. The number of carbonyl (C=O) groups excluding carboxylic acids is 1. The molecule has 1 amide bonds. The third-order valence-corrected chi connectivity index (χ3v) is 4.52. The number of carbonyl (C=O) groups is 1. The number of anilines is 1. The minimum absolute atomic E-state index is 0.00263. The van der Waals surface area contributed by atoms with Crippen LogP contribution in [-0.2, 0) is 6.18 Å². The fourth-order valence-corrected chi connectivity index (χ4v) is 3.15. The maximum atomic E-state index is 14.3. The third kappa shape index (κ3) is 4.44. The number of aryl methyl sites for hydroxylation is 1. The maximum absolute atomic E-state index is 14.3. The van der Waals surface area contributed by atoms with E-state index in [9.17, 15) is 22.4 Å². The highest BCUT2D eigenvalue weighted by Crippen LogP contribution is 2.35. The zero-order valence-electron chi connectivity index (χ0n) is 15.1. The van der Waals surface area contributed by atoms with Gasteiger partial charge in [-0.15, -0.1) is 0 Å². The Kier molecular flexibility index (Phi) is 6.09. The molecule has 0 bridgehead atoms. The molecule has 0 saturated heterocycles. The zero-order chi connectivity index (χ0) is 22.1. The molecule has 2 N–H and O–H groups in total. The number of nitrogens with one attached hydrogen (secondary N) is 2. The topological polar surface area (TPSA) is 67.2 Å². The van der Waals surface area contributed by atoms with Gasteiger partial charge in [-0.1, -0.05) is 35.0 Å². The first-order valence-electron chi connectivity index (χ1n) is 8.28. The molecule has 30 heavy (non-hydrogen) atoms. The molecule has 0 aliphatic heterocycles. The minimum atomic E-state index is -4.62. The minimum Gasteiger partial charge on any atom is -0.360 e. The van der Waals surface area contributed by atoms with Crippen LogP contribution >= 0.6 is 23.8 Å². The second kappa shape index (κ2) is 8.41. The normalized spacial score (nSPS) is 11.3. The van der Waals surface area contributed by atoms with Crippen molar-refractivity contribution in [1.82, 2.24) is 10.5 Å². The highest BCUT2D eigenvalue weighted by atomic mass is 35.5. The largest absolute Gasteiger partial charge is 0.418 e. The molecule has 0 atom stereocenters. The molecule has 0 fully saturated rings. The number of para-hydroxylation sites is 1. The van der Waals surface area contributed by atoms with Gasteiger partial charge in [-0.05, 0) is 43.4 Å². The van der Waals surface area contributed by atoms with Crippen molar-refractivity contribution in [2.24, 2.45) is 0 Å². The lowest BCUT2D eigenvalue weighted by atomic mass is 10.0.